The van der Waals surface area contributed by atoms with Crippen molar-refractivity contribution in [2.24, 2.45) is 0 Å². The normalized spacial score (nSPS) is 9.54. The summed E-state index contributed by atoms with van der Waals surface area (Å²) in [4.78, 5) is 48.9. The SMILES string of the molecule is O=C(O)Cc1cccnc1C(=O)O.O=C(O)Cc1cccnc1C(=O)O. The van der Waals surface area contributed by atoms with Crippen molar-refractivity contribution in [3.63, 3.8) is 0 Å². The molecule has 2 heterocycles. The van der Waals surface area contributed by atoms with Crippen LogP contribution in [0.1, 0.15) is 32.1 Å². The van der Waals surface area contributed by atoms with Crippen LogP contribution in [0, 0.1) is 0 Å². The smallest absolute Gasteiger partial charge is 0.354 e. The van der Waals surface area contributed by atoms with Gasteiger partial charge in [-0.2, -0.15) is 0 Å². The highest BCUT2D eigenvalue weighted by molar-refractivity contribution is 5.89. The van der Waals surface area contributed by atoms with E-state index >= 15 is 0 Å². The number of aromatic carboxylic acids is 2. The van der Waals surface area contributed by atoms with Crippen molar-refractivity contribution in [2.45, 2.75) is 12.8 Å². The molecule has 0 saturated heterocycles. The monoisotopic (exact) mass is 362 g/mol. The molecule has 0 radical (unpaired) electrons. The first-order valence-corrected chi connectivity index (χ1v) is 7.00. The van der Waals surface area contributed by atoms with Crippen molar-refractivity contribution in [1.29, 1.82) is 0 Å². The third-order valence-corrected chi connectivity index (χ3v) is 2.87. The lowest BCUT2D eigenvalue weighted by atomic mass is 10.1. The molecule has 10 heteroatoms. The van der Waals surface area contributed by atoms with Gasteiger partial charge in [-0.3, -0.25) is 9.59 Å². The first-order chi connectivity index (χ1) is 12.2. The minimum atomic E-state index is -1.21. The van der Waals surface area contributed by atoms with E-state index in [1.165, 1.54) is 36.7 Å². The molecule has 0 atom stereocenters. The molecule has 4 N–H and O–H groups in total. The van der Waals surface area contributed by atoms with Crippen molar-refractivity contribution < 1.29 is 39.6 Å². The quantitative estimate of drug-likeness (QED) is 0.575. The van der Waals surface area contributed by atoms with Gasteiger partial charge in [0.1, 0.15) is 0 Å². The van der Waals surface area contributed by atoms with Gasteiger partial charge in [-0.05, 0) is 23.3 Å². The minimum Gasteiger partial charge on any atom is -0.481 e. The molecular formula is C16H14N2O8. The van der Waals surface area contributed by atoms with Crippen molar-refractivity contribution in [3.8, 4) is 0 Å². The number of aromatic nitrogens is 2. The number of nitrogens with zero attached hydrogens (tertiary/aromatic N) is 2. The van der Waals surface area contributed by atoms with Crippen LogP contribution in [0.3, 0.4) is 0 Å². The van der Waals surface area contributed by atoms with Gasteiger partial charge in [-0.15, -0.1) is 0 Å². The van der Waals surface area contributed by atoms with Crippen LogP contribution in [-0.2, 0) is 22.4 Å². The molecule has 0 bridgehead atoms. The molecule has 0 spiro atoms. The predicted molar refractivity (Wildman–Crippen MR) is 85.1 cm³/mol. The average molecular weight is 362 g/mol. The van der Waals surface area contributed by atoms with Crippen LogP contribution in [0.4, 0.5) is 0 Å². The number of aliphatic carboxylic acids is 2. The Kier molecular flexibility index (Phi) is 7.37. The third kappa shape index (κ3) is 6.35. The van der Waals surface area contributed by atoms with Gasteiger partial charge in [0, 0.05) is 12.4 Å². The van der Waals surface area contributed by atoms with Gasteiger partial charge in [-0.1, -0.05) is 12.1 Å². The van der Waals surface area contributed by atoms with Crippen LogP contribution in [0.15, 0.2) is 36.7 Å². The zero-order valence-corrected chi connectivity index (χ0v) is 13.2. The number of carboxylic acid groups (broad SMARTS) is 4. The fraction of sp³-hybridized carbons (Fsp3) is 0.125. The number of pyridine rings is 2. The Balaban J connectivity index is 0.000000260. The molecule has 0 aliphatic rings. The van der Waals surface area contributed by atoms with Crippen molar-refractivity contribution in [1.82, 2.24) is 9.97 Å². The molecular weight excluding hydrogens is 348 g/mol. The summed E-state index contributed by atoms with van der Waals surface area (Å²) < 4.78 is 0. The van der Waals surface area contributed by atoms with E-state index in [0.29, 0.717) is 0 Å². The molecule has 0 aliphatic heterocycles. The molecule has 26 heavy (non-hydrogen) atoms. The van der Waals surface area contributed by atoms with E-state index in [9.17, 15) is 19.2 Å². The van der Waals surface area contributed by atoms with Gasteiger partial charge in [0.15, 0.2) is 11.4 Å². The number of hydrogen-bond acceptors (Lipinski definition) is 6. The highest BCUT2D eigenvalue weighted by Crippen LogP contribution is 2.06. The Morgan fingerprint density at radius 3 is 1.31 bits per heavy atom. The van der Waals surface area contributed by atoms with Crippen LogP contribution in [0.25, 0.3) is 0 Å². The second-order valence-corrected chi connectivity index (χ2v) is 4.77. The van der Waals surface area contributed by atoms with Gasteiger partial charge < -0.3 is 20.4 Å². The molecule has 2 rings (SSSR count). The molecule has 2 aromatic heterocycles. The van der Waals surface area contributed by atoms with Crippen molar-refractivity contribution in [2.75, 3.05) is 0 Å². The minimum absolute atomic E-state index is 0.204. The Bertz CT molecular complexity index is 765. The highest BCUT2D eigenvalue weighted by atomic mass is 16.4. The van der Waals surface area contributed by atoms with Crippen LogP contribution in [0.2, 0.25) is 0 Å². The van der Waals surface area contributed by atoms with E-state index < -0.39 is 23.9 Å². The summed E-state index contributed by atoms with van der Waals surface area (Å²) in [6, 6.07) is 5.88. The second-order valence-electron chi connectivity index (χ2n) is 4.77. The van der Waals surface area contributed by atoms with Gasteiger partial charge >= 0.3 is 23.9 Å². The lowest BCUT2D eigenvalue weighted by Gasteiger charge is -2.00. The Hall–Kier alpha value is -3.82. The molecule has 0 fully saturated rings. The first kappa shape index (κ1) is 20.2. The fourth-order valence-corrected chi connectivity index (χ4v) is 1.87. The summed E-state index contributed by atoms with van der Waals surface area (Å²) in [5.74, 6) is -4.57. The second kappa shape index (κ2) is 9.47. The largest absolute Gasteiger partial charge is 0.481 e. The first-order valence-electron chi connectivity index (χ1n) is 7.00. The van der Waals surface area contributed by atoms with Gasteiger partial charge in [-0.25, -0.2) is 19.6 Å². The van der Waals surface area contributed by atoms with E-state index in [1.807, 2.05) is 0 Å². The highest BCUT2D eigenvalue weighted by Gasteiger charge is 2.13. The van der Waals surface area contributed by atoms with Crippen molar-refractivity contribution >= 4 is 23.9 Å². The van der Waals surface area contributed by atoms with Crippen LogP contribution >= 0.6 is 0 Å². The molecule has 136 valence electrons. The molecule has 2 aromatic rings. The average Bonchev–Trinajstić information content (AvgIpc) is 2.55. The maximum atomic E-state index is 10.5. The Morgan fingerprint density at radius 2 is 1.04 bits per heavy atom. The zero-order valence-electron chi connectivity index (χ0n) is 13.2. The predicted octanol–water partition coefficient (Wildman–Crippen LogP) is 0.814. The van der Waals surface area contributed by atoms with E-state index in [2.05, 4.69) is 9.97 Å². The van der Waals surface area contributed by atoms with E-state index in [0.717, 1.165) is 0 Å². The lowest BCUT2D eigenvalue weighted by Crippen LogP contribution is -2.09. The number of carboxylic acids is 4. The summed E-state index contributed by atoms with van der Waals surface area (Å²) in [5, 5.41) is 34.2. The van der Waals surface area contributed by atoms with Crippen LogP contribution in [-0.4, -0.2) is 54.3 Å². The van der Waals surface area contributed by atoms with Crippen LogP contribution < -0.4 is 0 Å². The maximum absolute atomic E-state index is 10.5. The Morgan fingerprint density at radius 1 is 0.692 bits per heavy atom. The maximum Gasteiger partial charge on any atom is 0.354 e. The molecule has 0 aromatic carbocycles. The fourth-order valence-electron chi connectivity index (χ4n) is 1.87. The number of hydrogen-bond donors (Lipinski definition) is 4. The zero-order chi connectivity index (χ0) is 19.7. The van der Waals surface area contributed by atoms with E-state index in [-0.39, 0.29) is 35.4 Å². The molecule has 0 saturated carbocycles. The summed E-state index contributed by atoms with van der Waals surface area (Å²) in [6.45, 7) is 0. The van der Waals surface area contributed by atoms with Gasteiger partial charge in [0.2, 0.25) is 0 Å². The third-order valence-electron chi connectivity index (χ3n) is 2.87. The summed E-state index contributed by atoms with van der Waals surface area (Å²) in [5.41, 5.74) is 0.0137. The lowest BCUT2D eigenvalue weighted by molar-refractivity contribution is -0.137. The van der Waals surface area contributed by atoms with Crippen molar-refractivity contribution in [3.05, 3.63) is 59.2 Å². The van der Waals surface area contributed by atoms with E-state index in [4.69, 9.17) is 20.4 Å². The summed E-state index contributed by atoms with van der Waals surface area (Å²) in [7, 11) is 0. The summed E-state index contributed by atoms with van der Waals surface area (Å²) in [6.07, 6.45) is 1.98. The van der Waals surface area contributed by atoms with E-state index in [1.54, 1.807) is 0 Å². The molecule has 10 nitrogen and oxygen atoms in total. The van der Waals surface area contributed by atoms with Gasteiger partial charge in [0.05, 0.1) is 12.8 Å². The van der Waals surface area contributed by atoms with Gasteiger partial charge in [0.25, 0.3) is 0 Å². The molecule has 0 aliphatic carbocycles. The number of rotatable bonds is 6. The Labute approximate surface area is 146 Å². The number of carbonyl (C=O) groups is 4. The molecule has 0 amide bonds. The topological polar surface area (TPSA) is 175 Å². The summed E-state index contributed by atoms with van der Waals surface area (Å²) >= 11 is 0. The molecule has 0 unspecified atom stereocenters. The standard InChI is InChI=1S/2C8H7NO4/c2*10-6(11)4-5-2-1-3-9-7(5)8(12)13/h2*1-3H,4H2,(H,10,11)(H,12,13). The van der Waals surface area contributed by atoms with Crippen LogP contribution in [0.5, 0.6) is 0 Å².